The summed E-state index contributed by atoms with van der Waals surface area (Å²) in [7, 11) is 3.68. The van der Waals surface area contributed by atoms with Crippen LogP contribution in [0.4, 0.5) is 20.7 Å². The Bertz CT molecular complexity index is 1450. The molecule has 1 saturated carbocycles. The summed E-state index contributed by atoms with van der Waals surface area (Å²) in [5.41, 5.74) is 1.59. The van der Waals surface area contributed by atoms with Crippen LogP contribution in [0.1, 0.15) is 63.9 Å². The number of nitrogens with one attached hydrogen (secondary N) is 2. The first kappa shape index (κ1) is 27.3. The van der Waals surface area contributed by atoms with Crippen LogP contribution in [0, 0.1) is 17.1 Å². The number of anilines is 2. The van der Waals surface area contributed by atoms with Crippen molar-refractivity contribution in [1.82, 2.24) is 10.3 Å². The van der Waals surface area contributed by atoms with Crippen LogP contribution in [-0.4, -0.2) is 42.9 Å². The topological polar surface area (TPSA) is 124 Å². The Kier molecular flexibility index (Phi) is 8.20. The molecule has 1 aliphatic carbocycles. The lowest BCUT2D eigenvalue weighted by atomic mass is 9.99. The van der Waals surface area contributed by atoms with Crippen molar-refractivity contribution in [3.05, 3.63) is 82.8 Å². The summed E-state index contributed by atoms with van der Waals surface area (Å²) < 4.78 is 21.0. The van der Waals surface area contributed by atoms with Crippen molar-refractivity contribution in [2.45, 2.75) is 38.1 Å². The summed E-state index contributed by atoms with van der Waals surface area (Å²) in [5.74, 6) is -1.98. The van der Waals surface area contributed by atoms with Crippen molar-refractivity contribution >= 4 is 29.3 Å². The van der Waals surface area contributed by atoms with Crippen molar-refractivity contribution in [3.8, 4) is 11.8 Å². The molecular weight excluding hydrogens is 501 g/mol. The Balaban J connectivity index is 1.58. The number of ether oxygens (including phenoxy) is 1. The van der Waals surface area contributed by atoms with Gasteiger partial charge in [-0.2, -0.15) is 5.26 Å². The van der Waals surface area contributed by atoms with Gasteiger partial charge in [-0.25, -0.2) is 19.0 Å². The number of rotatable bonds is 9. The number of esters is 1. The summed E-state index contributed by atoms with van der Waals surface area (Å²) in [5, 5.41) is 14.2. The SMILES string of the molecule is CCCC(=O)c1ccc(F)c(C2CC2NC(=O)Nc2ccc(C#N)cn2)c1OC(=O)c1cccc(N(C)C)c1. The number of nitrogens with zero attached hydrogens (tertiary/aromatic N) is 3. The lowest BCUT2D eigenvalue weighted by Crippen LogP contribution is -2.31. The van der Waals surface area contributed by atoms with Gasteiger partial charge in [0.05, 0.1) is 16.7 Å². The van der Waals surface area contributed by atoms with Gasteiger partial charge in [-0.3, -0.25) is 10.1 Å². The number of benzene rings is 2. The third kappa shape index (κ3) is 6.38. The number of aromatic nitrogens is 1. The molecule has 2 N–H and O–H groups in total. The Morgan fingerprint density at radius 2 is 1.97 bits per heavy atom. The van der Waals surface area contributed by atoms with Crippen molar-refractivity contribution in [2.75, 3.05) is 24.3 Å². The van der Waals surface area contributed by atoms with E-state index in [9.17, 15) is 14.4 Å². The van der Waals surface area contributed by atoms with E-state index in [-0.39, 0.29) is 40.5 Å². The molecule has 3 aromatic rings. The largest absolute Gasteiger partial charge is 0.422 e. The molecule has 0 aliphatic heterocycles. The zero-order chi connectivity index (χ0) is 28.1. The number of pyridine rings is 1. The number of hydrogen-bond donors (Lipinski definition) is 2. The van der Waals surface area contributed by atoms with Crippen molar-refractivity contribution in [3.63, 3.8) is 0 Å². The second-order valence-electron chi connectivity index (χ2n) is 9.44. The van der Waals surface area contributed by atoms with E-state index in [2.05, 4.69) is 15.6 Å². The van der Waals surface area contributed by atoms with Gasteiger partial charge in [0.25, 0.3) is 0 Å². The summed E-state index contributed by atoms with van der Waals surface area (Å²) in [4.78, 5) is 44.4. The van der Waals surface area contributed by atoms with E-state index in [1.807, 2.05) is 38.1 Å². The first-order valence-corrected chi connectivity index (χ1v) is 12.5. The van der Waals surface area contributed by atoms with E-state index < -0.39 is 29.8 Å². The van der Waals surface area contributed by atoms with E-state index in [0.717, 1.165) is 5.69 Å². The highest BCUT2D eigenvalue weighted by Crippen LogP contribution is 2.47. The van der Waals surface area contributed by atoms with Gasteiger partial charge in [0.15, 0.2) is 5.78 Å². The van der Waals surface area contributed by atoms with Gasteiger partial charge in [-0.1, -0.05) is 13.0 Å². The van der Waals surface area contributed by atoms with Crippen LogP contribution in [0.5, 0.6) is 5.75 Å². The molecule has 39 heavy (non-hydrogen) atoms. The predicted molar refractivity (Wildman–Crippen MR) is 144 cm³/mol. The molecule has 0 bridgehead atoms. The molecule has 0 spiro atoms. The number of nitriles is 1. The third-order valence-electron chi connectivity index (χ3n) is 6.33. The highest BCUT2D eigenvalue weighted by Gasteiger charge is 2.44. The average molecular weight is 530 g/mol. The lowest BCUT2D eigenvalue weighted by Gasteiger charge is -2.17. The molecule has 2 unspecified atom stereocenters. The maximum absolute atomic E-state index is 15.2. The zero-order valence-electron chi connectivity index (χ0n) is 21.8. The van der Waals surface area contributed by atoms with Crippen LogP contribution >= 0.6 is 0 Å². The fourth-order valence-corrected chi connectivity index (χ4v) is 4.20. The maximum Gasteiger partial charge on any atom is 0.343 e. The number of carbonyl (C=O) groups excluding carboxylic acids is 3. The molecule has 1 aliphatic rings. The van der Waals surface area contributed by atoms with Crippen LogP contribution < -0.4 is 20.3 Å². The number of hydrogen-bond acceptors (Lipinski definition) is 7. The molecule has 0 saturated heterocycles. The molecule has 10 heteroatoms. The van der Waals surface area contributed by atoms with E-state index >= 15 is 4.39 Å². The summed E-state index contributed by atoms with van der Waals surface area (Å²) >= 11 is 0. The smallest absolute Gasteiger partial charge is 0.343 e. The Labute approximate surface area is 225 Å². The minimum atomic E-state index is -0.717. The highest BCUT2D eigenvalue weighted by atomic mass is 19.1. The van der Waals surface area contributed by atoms with Crippen molar-refractivity contribution in [1.29, 1.82) is 5.26 Å². The second-order valence-corrected chi connectivity index (χ2v) is 9.44. The molecule has 1 aromatic heterocycles. The second kappa shape index (κ2) is 11.7. The predicted octanol–water partition coefficient (Wildman–Crippen LogP) is 5.04. The Hall–Kier alpha value is -4.78. The first-order valence-electron chi connectivity index (χ1n) is 12.5. The summed E-state index contributed by atoms with van der Waals surface area (Å²) in [6.45, 7) is 1.85. The van der Waals surface area contributed by atoms with Crippen LogP contribution in [0.3, 0.4) is 0 Å². The minimum Gasteiger partial charge on any atom is -0.422 e. The van der Waals surface area contributed by atoms with Crippen molar-refractivity contribution in [2.24, 2.45) is 0 Å². The number of Topliss-reactive ketones (excluding diaryl/α,β-unsaturated/α-hetero) is 1. The molecule has 1 fully saturated rings. The fraction of sp³-hybridized carbons (Fsp3) is 0.276. The van der Waals surface area contributed by atoms with Gasteiger partial charge in [0.1, 0.15) is 23.5 Å². The summed E-state index contributed by atoms with van der Waals surface area (Å²) in [6, 6.07) is 13.3. The van der Waals surface area contributed by atoms with Crippen LogP contribution in [0.2, 0.25) is 0 Å². The monoisotopic (exact) mass is 529 g/mol. The number of amides is 2. The quantitative estimate of drug-likeness (QED) is 0.226. The van der Waals surface area contributed by atoms with Gasteiger partial charge >= 0.3 is 12.0 Å². The fourth-order valence-electron chi connectivity index (χ4n) is 4.20. The van der Waals surface area contributed by atoms with Gasteiger partial charge < -0.3 is 15.0 Å². The first-order chi connectivity index (χ1) is 18.7. The van der Waals surface area contributed by atoms with Gasteiger partial charge in [0, 0.05) is 49.9 Å². The van der Waals surface area contributed by atoms with E-state index in [4.69, 9.17) is 10.00 Å². The van der Waals surface area contributed by atoms with Crippen LogP contribution in [0.15, 0.2) is 54.7 Å². The Morgan fingerprint density at radius 1 is 1.18 bits per heavy atom. The summed E-state index contributed by atoms with van der Waals surface area (Å²) in [6.07, 6.45) is 2.49. The molecule has 0 radical (unpaired) electrons. The normalized spacial score (nSPS) is 15.6. The molecule has 9 nitrogen and oxygen atoms in total. The third-order valence-corrected chi connectivity index (χ3v) is 6.33. The zero-order valence-corrected chi connectivity index (χ0v) is 21.8. The maximum atomic E-state index is 15.2. The van der Waals surface area contributed by atoms with E-state index in [0.29, 0.717) is 18.4 Å². The highest BCUT2D eigenvalue weighted by molar-refractivity contribution is 6.01. The van der Waals surface area contributed by atoms with Crippen molar-refractivity contribution < 1.29 is 23.5 Å². The number of urea groups is 1. The molecule has 2 atom stereocenters. The molecule has 200 valence electrons. The minimum absolute atomic E-state index is 0.0795. The van der Waals surface area contributed by atoms with Crippen LogP contribution in [-0.2, 0) is 0 Å². The molecule has 1 heterocycles. The van der Waals surface area contributed by atoms with Gasteiger partial charge in [0.2, 0.25) is 0 Å². The van der Waals surface area contributed by atoms with E-state index in [1.165, 1.54) is 30.5 Å². The molecule has 2 amide bonds. The number of ketones is 1. The number of carbonyl (C=O) groups is 3. The molecular formula is C29H28FN5O4. The van der Waals surface area contributed by atoms with Crippen LogP contribution in [0.25, 0.3) is 0 Å². The molecule has 2 aromatic carbocycles. The Morgan fingerprint density at radius 3 is 2.64 bits per heavy atom. The average Bonchev–Trinajstić information content (AvgIpc) is 3.67. The number of halogens is 1. The van der Waals surface area contributed by atoms with Gasteiger partial charge in [-0.05, 0) is 55.3 Å². The van der Waals surface area contributed by atoms with Gasteiger partial charge in [-0.15, -0.1) is 0 Å². The standard InChI is InChI=1S/C29H28FN5O4/c1-4-6-24(36)20-10-11-22(30)26(27(20)39-28(37)18-7-5-8-19(13-18)35(2)3)21-14-23(21)33-29(38)34-25-12-9-17(15-31)16-32-25/h5,7-13,16,21,23H,4,6,14H2,1-3H3,(H2,32,33,34,38). The molecule has 4 rings (SSSR count). The van der Waals surface area contributed by atoms with E-state index in [1.54, 1.807) is 18.2 Å². The lowest BCUT2D eigenvalue weighted by molar-refractivity contribution is 0.0730.